The monoisotopic (exact) mass is 566 g/mol. The van der Waals surface area contributed by atoms with Crippen LogP contribution in [-0.4, -0.2) is 26.4 Å². The van der Waals surface area contributed by atoms with E-state index in [1.54, 1.807) is 28.8 Å². The van der Waals surface area contributed by atoms with Gasteiger partial charge < -0.3 is 5.32 Å². The van der Waals surface area contributed by atoms with Crippen LogP contribution >= 0.6 is 39.3 Å². The number of amides is 1. The summed E-state index contributed by atoms with van der Waals surface area (Å²) < 4.78 is 42.1. The lowest BCUT2D eigenvalue weighted by atomic mass is 10.1. The van der Waals surface area contributed by atoms with Crippen LogP contribution in [0.5, 0.6) is 0 Å². The number of para-hydroxylation sites is 1. The van der Waals surface area contributed by atoms with E-state index < -0.39 is 17.6 Å². The molecule has 1 aromatic heterocycles. The van der Waals surface area contributed by atoms with Gasteiger partial charge in [-0.25, -0.2) is 0 Å². The number of hydrogen-bond acceptors (Lipinski definition) is 4. The van der Waals surface area contributed by atoms with Gasteiger partial charge in [0.1, 0.15) is 0 Å². The summed E-state index contributed by atoms with van der Waals surface area (Å²) in [6.45, 7) is 0. The average Bonchev–Trinajstić information content (AvgIpc) is 3.23. The molecule has 3 aromatic carbocycles. The molecule has 0 saturated carbocycles. The fourth-order valence-electron chi connectivity index (χ4n) is 3.14. The molecule has 174 valence electrons. The predicted molar refractivity (Wildman–Crippen MR) is 130 cm³/mol. The minimum absolute atomic E-state index is 0.168. The van der Waals surface area contributed by atoms with E-state index in [4.69, 9.17) is 11.6 Å². The minimum Gasteiger partial charge on any atom is -0.325 e. The van der Waals surface area contributed by atoms with Crippen LogP contribution in [0.4, 0.5) is 18.9 Å². The van der Waals surface area contributed by atoms with E-state index in [0.717, 1.165) is 29.1 Å². The second kappa shape index (κ2) is 10.2. The topological polar surface area (TPSA) is 59.8 Å². The van der Waals surface area contributed by atoms with Crippen molar-refractivity contribution >= 4 is 50.9 Å². The Morgan fingerprint density at radius 2 is 1.74 bits per heavy atom. The maximum atomic E-state index is 13.4. The van der Waals surface area contributed by atoms with Crippen molar-refractivity contribution in [3.05, 3.63) is 87.9 Å². The largest absolute Gasteiger partial charge is 0.418 e. The molecule has 0 unspecified atom stereocenters. The number of nitrogens with zero attached hydrogens (tertiary/aromatic N) is 3. The Morgan fingerprint density at radius 3 is 2.41 bits per heavy atom. The normalized spacial score (nSPS) is 11.4. The van der Waals surface area contributed by atoms with Crippen LogP contribution in [0.1, 0.15) is 5.56 Å². The van der Waals surface area contributed by atoms with Gasteiger partial charge in [0, 0.05) is 20.7 Å². The van der Waals surface area contributed by atoms with E-state index in [9.17, 15) is 18.0 Å². The molecule has 0 aliphatic heterocycles. The third-order valence-electron chi connectivity index (χ3n) is 4.64. The van der Waals surface area contributed by atoms with E-state index >= 15 is 0 Å². The Labute approximate surface area is 210 Å². The average molecular weight is 568 g/mol. The quantitative estimate of drug-likeness (QED) is 0.253. The molecule has 1 amide bonds. The second-order valence-corrected chi connectivity index (χ2v) is 9.30. The smallest absolute Gasteiger partial charge is 0.325 e. The van der Waals surface area contributed by atoms with Gasteiger partial charge >= 0.3 is 6.18 Å². The van der Waals surface area contributed by atoms with Crippen molar-refractivity contribution in [2.45, 2.75) is 11.3 Å². The molecule has 4 rings (SSSR count). The molecule has 11 heteroatoms. The molecule has 0 saturated heterocycles. The molecular weight excluding hydrogens is 553 g/mol. The lowest BCUT2D eigenvalue weighted by molar-refractivity contribution is -0.137. The highest BCUT2D eigenvalue weighted by atomic mass is 79.9. The number of benzene rings is 3. The molecule has 0 fully saturated rings. The van der Waals surface area contributed by atoms with Gasteiger partial charge in [-0.1, -0.05) is 57.5 Å². The maximum Gasteiger partial charge on any atom is 0.418 e. The van der Waals surface area contributed by atoms with Crippen LogP contribution in [0.3, 0.4) is 0 Å². The molecule has 0 spiro atoms. The van der Waals surface area contributed by atoms with Gasteiger partial charge in [-0.2, -0.15) is 13.2 Å². The number of aromatic nitrogens is 3. The summed E-state index contributed by atoms with van der Waals surface area (Å²) in [5.74, 6) is -0.231. The first-order valence-electron chi connectivity index (χ1n) is 9.78. The molecule has 34 heavy (non-hydrogen) atoms. The van der Waals surface area contributed by atoms with Gasteiger partial charge in [0.2, 0.25) is 5.91 Å². The first-order valence-corrected chi connectivity index (χ1v) is 11.9. The molecule has 0 bridgehead atoms. The van der Waals surface area contributed by atoms with Crippen molar-refractivity contribution in [3.8, 4) is 17.1 Å². The molecule has 0 aliphatic rings. The zero-order valence-corrected chi connectivity index (χ0v) is 20.3. The van der Waals surface area contributed by atoms with E-state index in [-0.39, 0.29) is 15.9 Å². The lowest BCUT2D eigenvalue weighted by Crippen LogP contribution is -2.18. The maximum absolute atomic E-state index is 13.4. The molecule has 0 atom stereocenters. The lowest BCUT2D eigenvalue weighted by Gasteiger charge is -2.14. The van der Waals surface area contributed by atoms with Crippen molar-refractivity contribution < 1.29 is 18.0 Å². The van der Waals surface area contributed by atoms with Crippen LogP contribution in [0.15, 0.2) is 82.4 Å². The van der Waals surface area contributed by atoms with Gasteiger partial charge in [-0.15, -0.1) is 10.2 Å². The summed E-state index contributed by atoms with van der Waals surface area (Å²) in [5.41, 5.74) is 0.291. The van der Waals surface area contributed by atoms with Gasteiger partial charge in [-0.05, 0) is 54.6 Å². The molecule has 0 aliphatic carbocycles. The number of rotatable bonds is 6. The van der Waals surface area contributed by atoms with Crippen LogP contribution in [0, 0.1) is 0 Å². The highest BCUT2D eigenvalue weighted by Gasteiger charge is 2.34. The van der Waals surface area contributed by atoms with Crippen molar-refractivity contribution in [2.75, 3.05) is 11.1 Å². The van der Waals surface area contributed by atoms with Crippen molar-refractivity contribution in [1.82, 2.24) is 14.8 Å². The summed E-state index contributed by atoms with van der Waals surface area (Å²) >= 11 is 10.1. The molecule has 1 N–H and O–H groups in total. The van der Waals surface area contributed by atoms with Gasteiger partial charge in [0.15, 0.2) is 11.0 Å². The highest BCUT2D eigenvalue weighted by molar-refractivity contribution is 9.10. The van der Waals surface area contributed by atoms with Gasteiger partial charge in [0.25, 0.3) is 0 Å². The van der Waals surface area contributed by atoms with Crippen LogP contribution in [0.2, 0.25) is 5.02 Å². The van der Waals surface area contributed by atoms with Gasteiger partial charge in [-0.3, -0.25) is 9.36 Å². The summed E-state index contributed by atoms with van der Waals surface area (Å²) in [4.78, 5) is 12.5. The highest BCUT2D eigenvalue weighted by Crippen LogP contribution is 2.37. The molecule has 4 aromatic rings. The molecule has 1 heterocycles. The SMILES string of the molecule is O=C(CSc1nnc(-c2ccc(Cl)cc2)n1-c1ccccc1)Nc1ccc(Br)cc1C(F)(F)F. The van der Waals surface area contributed by atoms with Crippen molar-refractivity contribution in [1.29, 1.82) is 0 Å². The third-order valence-corrected chi connectivity index (χ3v) is 6.32. The van der Waals surface area contributed by atoms with Crippen molar-refractivity contribution in [3.63, 3.8) is 0 Å². The minimum atomic E-state index is -4.61. The standard InChI is InChI=1S/C23H15BrClF3N4OS/c24-15-8-11-19(18(12-15)23(26,27)28)29-20(33)13-34-22-31-30-21(14-6-9-16(25)10-7-14)32(22)17-4-2-1-3-5-17/h1-12H,13H2,(H,29,33). The Balaban J connectivity index is 1.58. The number of hydrogen-bond donors (Lipinski definition) is 1. The first kappa shape index (κ1) is 24.3. The Bertz CT molecular complexity index is 1310. The van der Waals surface area contributed by atoms with Gasteiger partial charge in [0.05, 0.1) is 17.0 Å². The number of nitrogens with one attached hydrogen (secondary N) is 1. The number of anilines is 1. The van der Waals surface area contributed by atoms with E-state index in [2.05, 4.69) is 31.4 Å². The first-order chi connectivity index (χ1) is 16.2. The van der Waals surface area contributed by atoms with Crippen LogP contribution < -0.4 is 5.32 Å². The van der Waals surface area contributed by atoms with Crippen LogP contribution in [0.25, 0.3) is 17.1 Å². The van der Waals surface area contributed by atoms with E-state index in [1.807, 2.05) is 30.3 Å². The number of alkyl halides is 3. The third kappa shape index (κ3) is 5.63. The summed E-state index contributed by atoms with van der Waals surface area (Å²) in [6, 6.07) is 20.0. The van der Waals surface area contributed by atoms with Crippen LogP contribution in [-0.2, 0) is 11.0 Å². The molecule has 5 nitrogen and oxygen atoms in total. The molecular formula is C23H15BrClF3N4OS. The van der Waals surface area contributed by atoms with Crippen molar-refractivity contribution in [2.24, 2.45) is 0 Å². The predicted octanol–water partition coefficient (Wildman–Crippen LogP) is 7.10. The summed E-state index contributed by atoms with van der Waals surface area (Å²) in [5, 5.41) is 11.8. The van der Waals surface area contributed by atoms with E-state index in [1.165, 1.54) is 12.1 Å². The Morgan fingerprint density at radius 1 is 1.03 bits per heavy atom. The Kier molecular flexibility index (Phi) is 7.30. The fourth-order valence-corrected chi connectivity index (χ4v) is 4.37. The number of carbonyl (C=O) groups is 1. The Hall–Kier alpha value is -2.82. The number of halogens is 5. The fraction of sp³-hybridized carbons (Fsp3) is 0.0870. The molecule has 0 radical (unpaired) electrons. The summed E-state index contributed by atoms with van der Waals surface area (Å²) in [7, 11) is 0. The van der Waals surface area contributed by atoms with E-state index in [0.29, 0.717) is 16.0 Å². The zero-order valence-electron chi connectivity index (χ0n) is 17.2. The zero-order chi connectivity index (χ0) is 24.3. The number of carbonyl (C=O) groups excluding carboxylic acids is 1. The second-order valence-electron chi connectivity index (χ2n) is 7.01. The summed E-state index contributed by atoms with van der Waals surface area (Å²) in [6.07, 6.45) is -4.61. The number of thioether (sulfide) groups is 1.